The van der Waals surface area contributed by atoms with Crippen molar-refractivity contribution in [3.8, 4) is 5.06 Å². The van der Waals surface area contributed by atoms with Gasteiger partial charge in [-0.15, -0.1) is 0 Å². The Morgan fingerprint density at radius 3 is 2.71 bits per heavy atom. The van der Waals surface area contributed by atoms with Crippen LogP contribution < -0.4 is 10.1 Å². The molecular weight excluding hydrogens is 196 g/mol. The average molecular weight is 212 g/mol. The summed E-state index contributed by atoms with van der Waals surface area (Å²) in [5.41, 5.74) is -0.0131. The fourth-order valence-electron chi connectivity index (χ4n) is 1.38. The molecule has 0 bridgehead atoms. The van der Waals surface area contributed by atoms with Crippen molar-refractivity contribution >= 4 is 11.3 Å². The Hall–Kier alpha value is -0.610. The Morgan fingerprint density at radius 1 is 1.57 bits per heavy atom. The molecule has 78 valence electrons. The van der Waals surface area contributed by atoms with E-state index < -0.39 is 0 Å². The summed E-state index contributed by atoms with van der Waals surface area (Å²) in [6.45, 7) is 8.28. The first kappa shape index (κ1) is 9.93. The second-order valence-corrected chi connectivity index (χ2v) is 5.35. The number of rotatable bonds is 3. The van der Waals surface area contributed by atoms with Gasteiger partial charge in [0.15, 0.2) is 5.06 Å². The Bertz CT molecular complexity index is 318. The first-order valence-electron chi connectivity index (χ1n) is 4.94. The molecule has 1 aliphatic rings. The first-order valence-corrected chi connectivity index (χ1v) is 5.76. The maximum Gasteiger partial charge on any atom is 0.194 e. The lowest BCUT2D eigenvalue weighted by Gasteiger charge is -2.38. The molecule has 1 aromatic rings. The zero-order chi connectivity index (χ0) is 10.2. The second-order valence-electron chi connectivity index (χ2n) is 4.33. The van der Waals surface area contributed by atoms with Gasteiger partial charge in [-0.2, -0.15) is 0 Å². The van der Waals surface area contributed by atoms with Crippen LogP contribution in [0.25, 0.3) is 0 Å². The number of thiazole rings is 1. The van der Waals surface area contributed by atoms with Crippen LogP contribution >= 0.6 is 11.3 Å². The SMILES string of the molecule is CC(C)c1ncc(OC2(C)CNC2)s1. The highest BCUT2D eigenvalue weighted by Gasteiger charge is 2.34. The van der Waals surface area contributed by atoms with Crippen LogP contribution in [0.3, 0.4) is 0 Å². The van der Waals surface area contributed by atoms with Gasteiger partial charge in [-0.3, -0.25) is 0 Å². The van der Waals surface area contributed by atoms with Crippen molar-refractivity contribution in [3.05, 3.63) is 11.2 Å². The summed E-state index contributed by atoms with van der Waals surface area (Å²) in [4.78, 5) is 4.33. The highest BCUT2D eigenvalue weighted by molar-refractivity contribution is 7.13. The summed E-state index contributed by atoms with van der Waals surface area (Å²) in [5.74, 6) is 0.490. The van der Waals surface area contributed by atoms with E-state index in [-0.39, 0.29) is 5.60 Å². The maximum atomic E-state index is 5.86. The number of ether oxygens (including phenoxy) is 1. The van der Waals surface area contributed by atoms with Gasteiger partial charge in [0.25, 0.3) is 0 Å². The van der Waals surface area contributed by atoms with Crippen molar-refractivity contribution in [3.63, 3.8) is 0 Å². The van der Waals surface area contributed by atoms with E-state index in [0.29, 0.717) is 5.92 Å². The van der Waals surface area contributed by atoms with Gasteiger partial charge in [0.05, 0.1) is 11.2 Å². The largest absolute Gasteiger partial charge is 0.474 e. The van der Waals surface area contributed by atoms with Gasteiger partial charge < -0.3 is 10.1 Å². The third kappa shape index (κ3) is 1.91. The molecule has 14 heavy (non-hydrogen) atoms. The molecule has 1 saturated heterocycles. The lowest BCUT2D eigenvalue weighted by atomic mass is 10.0. The maximum absolute atomic E-state index is 5.86. The van der Waals surface area contributed by atoms with E-state index in [1.54, 1.807) is 11.3 Å². The molecule has 0 atom stereocenters. The van der Waals surface area contributed by atoms with E-state index in [0.717, 1.165) is 23.2 Å². The minimum Gasteiger partial charge on any atom is -0.474 e. The van der Waals surface area contributed by atoms with Crippen molar-refractivity contribution in [1.82, 2.24) is 10.3 Å². The summed E-state index contributed by atoms with van der Waals surface area (Å²) < 4.78 is 5.86. The smallest absolute Gasteiger partial charge is 0.194 e. The predicted molar refractivity (Wildman–Crippen MR) is 58.1 cm³/mol. The molecule has 0 aromatic carbocycles. The normalized spacial score (nSPS) is 19.4. The van der Waals surface area contributed by atoms with E-state index in [4.69, 9.17) is 4.74 Å². The molecule has 0 aliphatic carbocycles. The Morgan fingerprint density at radius 2 is 2.29 bits per heavy atom. The zero-order valence-electron chi connectivity index (χ0n) is 8.83. The standard InChI is InChI=1S/C10H16N2OS/c1-7(2)9-12-4-8(14-9)13-10(3)5-11-6-10/h4,7,11H,5-6H2,1-3H3. The van der Waals surface area contributed by atoms with E-state index in [2.05, 4.69) is 31.1 Å². The zero-order valence-corrected chi connectivity index (χ0v) is 9.65. The van der Waals surface area contributed by atoms with Crippen molar-refractivity contribution in [1.29, 1.82) is 0 Å². The Balaban J connectivity index is 2.02. The number of hydrogen-bond donors (Lipinski definition) is 1. The van der Waals surface area contributed by atoms with E-state index in [1.807, 2.05) is 6.20 Å². The van der Waals surface area contributed by atoms with Gasteiger partial charge in [0.2, 0.25) is 0 Å². The number of nitrogens with zero attached hydrogens (tertiary/aromatic N) is 1. The predicted octanol–water partition coefficient (Wildman–Crippen LogP) is 2.01. The van der Waals surface area contributed by atoms with Crippen molar-refractivity contribution in [2.24, 2.45) is 0 Å². The lowest BCUT2D eigenvalue weighted by Crippen LogP contribution is -2.60. The fourth-order valence-corrected chi connectivity index (χ4v) is 2.27. The number of nitrogens with one attached hydrogen (secondary N) is 1. The molecule has 4 heteroatoms. The van der Waals surface area contributed by atoms with E-state index in [1.165, 1.54) is 0 Å². The van der Waals surface area contributed by atoms with E-state index >= 15 is 0 Å². The monoisotopic (exact) mass is 212 g/mol. The highest BCUT2D eigenvalue weighted by Crippen LogP contribution is 2.30. The summed E-state index contributed by atoms with van der Waals surface area (Å²) in [5, 5.41) is 5.30. The third-order valence-corrected chi connectivity index (χ3v) is 3.52. The van der Waals surface area contributed by atoms with Crippen molar-refractivity contribution in [2.75, 3.05) is 13.1 Å². The molecule has 2 rings (SSSR count). The molecule has 0 spiro atoms. The molecule has 1 aromatic heterocycles. The van der Waals surface area contributed by atoms with Crippen LogP contribution in [0.15, 0.2) is 6.20 Å². The van der Waals surface area contributed by atoms with Gasteiger partial charge in [-0.25, -0.2) is 4.98 Å². The van der Waals surface area contributed by atoms with Crippen molar-refractivity contribution in [2.45, 2.75) is 32.3 Å². The second kappa shape index (κ2) is 3.51. The van der Waals surface area contributed by atoms with Crippen LogP contribution in [-0.2, 0) is 0 Å². The third-order valence-electron chi connectivity index (χ3n) is 2.34. The summed E-state index contributed by atoms with van der Waals surface area (Å²) in [6, 6.07) is 0. The van der Waals surface area contributed by atoms with Gasteiger partial charge in [-0.1, -0.05) is 25.2 Å². The molecule has 0 radical (unpaired) electrons. The minimum absolute atomic E-state index is 0.0131. The van der Waals surface area contributed by atoms with Crippen LogP contribution in [-0.4, -0.2) is 23.7 Å². The fraction of sp³-hybridized carbons (Fsp3) is 0.700. The Labute approximate surface area is 88.5 Å². The number of aromatic nitrogens is 1. The minimum atomic E-state index is -0.0131. The molecule has 0 unspecified atom stereocenters. The van der Waals surface area contributed by atoms with Gasteiger partial charge in [0.1, 0.15) is 5.60 Å². The van der Waals surface area contributed by atoms with Crippen LogP contribution in [0.2, 0.25) is 0 Å². The van der Waals surface area contributed by atoms with Crippen LogP contribution in [0.1, 0.15) is 31.7 Å². The Kier molecular flexibility index (Phi) is 2.49. The van der Waals surface area contributed by atoms with Gasteiger partial charge in [-0.05, 0) is 6.92 Å². The molecule has 1 N–H and O–H groups in total. The average Bonchev–Trinajstić information content (AvgIpc) is 2.50. The molecule has 2 heterocycles. The van der Waals surface area contributed by atoms with Gasteiger partial charge in [0, 0.05) is 19.0 Å². The van der Waals surface area contributed by atoms with Crippen LogP contribution in [0.4, 0.5) is 0 Å². The topological polar surface area (TPSA) is 34.1 Å². The summed E-state index contributed by atoms with van der Waals surface area (Å²) >= 11 is 1.66. The summed E-state index contributed by atoms with van der Waals surface area (Å²) in [7, 11) is 0. The van der Waals surface area contributed by atoms with Crippen molar-refractivity contribution < 1.29 is 4.74 Å². The molecular formula is C10H16N2OS. The van der Waals surface area contributed by atoms with Gasteiger partial charge >= 0.3 is 0 Å². The molecule has 0 amide bonds. The lowest BCUT2D eigenvalue weighted by molar-refractivity contribution is 0.0384. The molecule has 1 fully saturated rings. The molecule has 3 nitrogen and oxygen atoms in total. The summed E-state index contributed by atoms with van der Waals surface area (Å²) in [6.07, 6.45) is 1.84. The van der Waals surface area contributed by atoms with E-state index in [9.17, 15) is 0 Å². The quantitative estimate of drug-likeness (QED) is 0.832. The molecule has 0 saturated carbocycles. The van der Waals surface area contributed by atoms with Crippen LogP contribution in [0, 0.1) is 0 Å². The number of hydrogen-bond acceptors (Lipinski definition) is 4. The first-order chi connectivity index (χ1) is 6.59. The highest BCUT2D eigenvalue weighted by atomic mass is 32.1. The molecule has 1 aliphatic heterocycles. The van der Waals surface area contributed by atoms with Crippen LogP contribution in [0.5, 0.6) is 5.06 Å².